The molecule has 0 aromatic rings. The number of hydrogen-bond acceptors (Lipinski definition) is 2. The van der Waals surface area contributed by atoms with Crippen molar-refractivity contribution in [2.24, 2.45) is 22.7 Å². The van der Waals surface area contributed by atoms with Gasteiger partial charge >= 0.3 is 5.97 Å². The third-order valence-electron chi connectivity index (χ3n) is 5.35. The lowest BCUT2D eigenvalue weighted by molar-refractivity contribution is -0.144. The van der Waals surface area contributed by atoms with Gasteiger partial charge < -0.3 is 10.4 Å². The molecule has 0 aromatic carbocycles. The number of rotatable bonds is 3. The van der Waals surface area contributed by atoms with Crippen molar-refractivity contribution in [3.8, 4) is 0 Å². The molecule has 0 aromatic heterocycles. The third kappa shape index (κ3) is 4.47. The average molecular weight is 309 g/mol. The first-order valence-corrected chi connectivity index (χ1v) is 8.61. The standard InChI is InChI=1S/C18H31NO3/c1-17(2)9-14(10-18(3,4)11-17)19-15(20)12-5-7-13(8-6-12)16(21)22/h12-14H,5-11H2,1-4H3,(H,19,20)(H,21,22). The monoisotopic (exact) mass is 309 g/mol. The normalized spacial score (nSPS) is 31.5. The van der Waals surface area contributed by atoms with Gasteiger partial charge in [-0.1, -0.05) is 27.7 Å². The van der Waals surface area contributed by atoms with Gasteiger partial charge in [0, 0.05) is 12.0 Å². The van der Waals surface area contributed by atoms with Gasteiger partial charge in [0.25, 0.3) is 0 Å². The molecule has 2 aliphatic carbocycles. The van der Waals surface area contributed by atoms with Gasteiger partial charge in [0.2, 0.25) is 5.91 Å². The Morgan fingerprint density at radius 2 is 1.36 bits per heavy atom. The quantitative estimate of drug-likeness (QED) is 0.837. The van der Waals surface area contributed by atoms with Crippen molar-refractivity contribution in [2.75, 3.05) is 0 Å². The summed E-state index contributed by atoms with van der Waals surface area (Å²) in [6, 6.07) is 0.253. The smallest absolute Gasteiger partial charge is 0.306 e. The van der Waals surface area contributed by atoms with Crippen LogP contribution >= 0.6 is 0 Å². The molecule has 4 nitrogen and oxygen atoms in total. The molecule has 0 radical (unpaired) electrons. The van der Waals surface area contributed by atoms with Gasteiger partial charge in [-0.15, -0.1) is 0 Å². The number of amides is 1. The van der Waals surface area contributed by atoms with Crippen LogP contribution in [0.5, 0.6) is 0 Å². The lowest BCUT2D eigenvalue weighted by Gasteiger charge is -2.45. The molecule has 2 fully saturated rings. The number of hydrogen-bond donors (Lipinski definition) is 2. The number of carboxylic acid groups (broad SMARTS) is 1. The molecule has 0 unspecified atom stereocenters. The first-order valence-electron chi connectivity index (χ1n) is 8.61. The molecule has 2 N–H and O–H groups in total. The van der Waals surface area contributed by atoms with E-state index in [1.54, 1.807) is 0 Å². The number of carbonyl (C=O) groups excluding carboxylic acids is 1. The molecule has 1 amide bonds. The van der Waals surface area contributed by atoms with Crippen LogP contribution in [0.25, 0.3) is 0 Å². The molecule has 126 valence electrons. The van der Waals surface area contributed by atoms with Gasteiger partial charge in [0.05, 0.1) is 5.92 Å². The van der Waals surface area contributed by atoms with E-state index in [2.05, 4.69) is 33.0 Å². The molecule has 2 saturated carbocycles. The Hall–Kier alpha value is -1.06. The number of aliphatic carboxylic acids is 1. The summed E-state index contributed by atoms with van der Waals surface area (Å²) in [7, 11) is 0. The fourth-order valence-electron chi connectivity index (χ4n) is 4.87. The van der Waals surface area contributed by atoms with E-state index in [-0.39, 0.29) is 34.6 Å². The molecule has 4 heteroatoms. The Balaban J connectivity index is 1.88. The van der Waals surface area contributed by atoms with Crippen molar-refractivity contribution < 1.29 is 14.7 Å². The lowest BCUT2D eigenvalue weighted by atomic mass is 9.63. The van der Waals surface area contributed by atoms with Gasteiger partial charge in [-0.05, 0) is 55.8 Å². The fourth-order valence-corrected chi connectivity index (χ4v) is 4.87. The van der Waals surface area contributed by atoms with E-state index in [0.29, 0.717) is 25.7 Å². The molecule has 0 aliphatic heterocycles. The van der Waals surface area contributed by atoms with Crippen molar-refractivity contribution in [3.63, 3.8) is 0 Å². The summed E-state index contributed by atoms with van der Waals surface area (Å²) >= 11 is 0. The van der Waals surface area contributed by atoms with Crippen molar-refractivity contribution in [2.45, 2.75) is 78.7 Å². The van der Waals surface area contributed by atoms with Crippen LogP contribution in [0, 0.1) is 22.7 Å². The molecule has 0 atom stereocenters. The Kier molecular flexibility index (Phi) is 4.88. The lowest BCUT2D eigenvalue weighted by Crippen LogP contribution is -2.48. The first-order chi connectivity index (χ1) is 10.1. The minimum Gasteiger partial charge on any atom is -0.481 e. The van der Waals surface area contributed by atoms with Gasteiger partial charge in [-0.3, -0.25) is 9.59 Å². The fraction of sp³-hybridized carbons (Fsp3) is 0.889. The first kappa shape index (κ1) is 17.3. The van der Waals surface area contributed by atoms with E-state index in [9.17, 15) is 9.59 Å². The van der Waals surface area contributed by atoms with Crippen molar-refractivity contribution in [3.05, 3.63) is 0 Å². The molecule has 0 saturated heterocycles. The molecule has 0 bridgehead atoms. The molecular weight excluding hydrogens is 278 g/mol. The summed E-state index contributed by atoms with van der Waals surface area (Å²) in [6.45, 7) is 9.13. The zero-order valence-electron chi connectivity index (χ0n) is 14.4. The van der Waals surface area contributed by atoms with E-state index < -0.39 is 5.97 Å². The highest BCUT2D eigenvalue weighted by atomic mass is 16.4. The second-order valence-corrected chi connectivity index (χ2v) is 9.01. The Labute approximate surface area is 134 Å². The number of carboxylic acids is 1. The summed E-state index contributed by atoms with van der Waals surface area (Å²) in [5.41, 5.74) is 0.529. The van der Waals surface area contributed by atoms with E-state index >= 15 is 0 Å². The van der Waals surface area contributed by atoms with Gasteiger partial charge in [-0.25, -0.2) is 0 Å². The molecule has 0 spiro atoms. The highest BCUT2D eigenvalue weighted by Gasteiger charge is 2.39. The summed E-state index contributed by atoms with van der Waals surface area (Å²) in [5.74, 6) is -0.822. The van der Waals surface area contributed by atoms with E-state index in [0.717, 1.165) is 12.8 Å². The third-order valence-corrected chi connectivity index (χ3v) is 5.35. The molecule has 2 aliphatic rings. The predicted octanol–water partition coefficient (Wildman–Crippen LogP) is 3.60. The van der Waals surface area contributed by atoms with Crippen LogP contribution in [0.2, 0.25) is 0 Å². The number of carbonyl (C=O) groups is 2. The minimum atomic E-state index is -0.713. The average Bonchev–Trinajstić information content (AvgIpc) is 2.34. The van der Waals surface area contributed by atoms with E-state index in [4.69, 9.17) is 5.11 Å². The van der Waals surface area contributed by atoms with Crippen LogP contribution in [-0.4, -0.2) is 23.0 Å². The van der Waals surface area contributed by atoms with Crippen LogP contribution < -0.4 is 5.32 Å². The highest BCUT2D eigenvalue weighted by molar-refractivity contribution is 5.79. The Morgan fingerprint density at radius 1 is 0.909 bits per heavy atom. The van der Waals surface area contributed by atoms with Gasteiger partial charge in [0.15, 0.2) is 0 Å². The van der Waals surface area contributed by atoms with Crippen molar-refractivity contribution >= 4 is 11.9 Å². The van der Waals surface area contributed by atoms with Gasteiger partial charge in [0.1, 0.15) is 0 Å². The van der Waals surface area contributed by atoms with Gasteiger partial charge in [-0.2, -0.15) is 0 Å². The SMILES string of the molecule is CC1(C)CC(NC(=O)C2CCC(C(=O)O)CC2)CC(C)(C)C1. The molecule has 22 heavy (non-hydrogen) atoms. The topological polar surface area (TPSA) is 66.4 Å². The van der Waals surface area contributed by atoms with Crippen molar-refractivity contribution in [1.29, 1.82) is 0 Å². The molecule has 2 rings (SSSR count). The summed E-state index contributed by atoms with van der Waals surface area (Å²) in [6.07, 6.45) is 5.95. The van der Waals surface area contributed by atoms with Crippen LogP contribution in [0.15, 0.2) is 0 Å². The maximum Gasteiger partial charge on any atom is 0.306 e. The van der Waals surface area contributed by atoms with Crippen LogP contribution in [-0.2, 0) is 9.59 Å². The largest absolute Gasteiger partial charge is 0.481 e. The maximum atomic E-state index is 12.5. The Bertz CT molecular complexity index is 418. The van der Waals surface area contributed by atoms with Crippen LogP contribution in [0.3, 0.4) is 0 Å². The maximum absolute atomic E-state index is 12.5. The summed E-state index contributed by atoms with van der Waals surface area (Å²) in [4.78, 5) is 23.5. The summed E-state index contributed by atoms with van der Waals surface area (Å²) < 4.78 is 0. The second-order valence-electron chi connectivity index (χ2n) is 9.01. The van der Waals surface area contributed by atoms with Crippen LogP contribution in [0.1, 0.15) is 72.6 Å². The Morgan fingerprint density at radius 3 is 1.82 bits per heavy atom. The molecule has 0 heterocycles. The second kappa shape index (κ2) is 6.21. The highest BCUT2D eigenvalue weighted by Crippen LogP contribution is 2.45. The van der Waals surface area contributed by atoms with Crippen LogP contribution in [0.4, 0.5) is 0 Å². The zero-order chi connectivity index (χ0) is 16.5. The zero-order valence-corrected chi connectivity index (χ0v) is 14.4. The van der Waals surface area contributed by atoms with E-state index in [1.807, 2.05) is 0 Å². The van der Waals surface area contributed by atoms with Crippen molar-refractivity contribution in [1.82, 2.24) is 5.32 Å². The van der Waals surface area contributed by atoms with E-state index in [1.165, 1.54) is 6.42 Å². The minimum absolute atomic E-state index is 0.00347. The number of nitrogens with one attached hydrogen (secondary N) is 1. The predicted molar refractivity (Wildman–Crippen MR) is 86.4 cm³/mol. The summed E-state index contributed by atoms with van der Waals surface area (Å²) in [5, 5.41) is 12.3. The molecular formula is C18H31NO3.